The number of aryl methyl sites for hydroxylation is 1. The lowest BCUT2D eigenvalue weighted by molar-refractivity contribution is 0.255. The molecule has 1 N–H and O–H groups in total. The van der Waals surface area contributed by atoms with Crippen LogP contribution in [0, 0.1) is 12.3 Å². The van der Waals surface area contributed by atoms with Crippen LogP contribution in [0.1, 0.15) is 25.0 Å². The first-order chi connectivity index (χ1) is 7.65. The molecule has 1 rings (SSSR count). The van der Waals surface area contributed by atoms with Crippen molar-refractivity contribution in [2.75, 3.05) is 6.67 Å². The van der Waals surface area contributed by atoms with Crippen LogP contribution >= 0.6 is 0 Å². The predicted octanol–water partition coefficient (Wildman–Crippen LogP) is 2.78. The molecule has 5 heteroatoms. The summed E-state index contributed by atoms with van der Waals surface area (Å²) in [4.78, 5) is -0.135. The quantitative estimate of drug-likeness (QED) is 0.847. The van der Waals surface area contributed by atoms with Gasteiger partial charge in [0, 0.05) is 0 Å². The molecule has 0 atom stereocenters. The molecule has 0 amide bonds. The van der Waals surface area contributed by atoms with Gasteiger partial charge in [-0.15, -0.1) is 0 Å². The molecule has 1 aromatic carbocycles. The standard InChI is InChI=1S/C12H17FO3S/c1-9-4-5-11(17(14,15)16)10(6-9)7-12(2,3)8-13/h4-6H,7-8H2,1-3H3,(H,14,15,16). The van der Waals surface area contributed by atoms with Crippen molar-refractivity contribution in [1.82, 2.24) is 0 Å². The lowest BCUT2D eigenvalue weighted by Crippen LogP contribution is -2.19. The Morgan fingerprint density at radius 2 is 1.94 bits per heavy atom. The smallest absolute Gasteiger partial charge is 0.282 e. The van der Waals surface area contributed by atoms with Gasteiger partial charge in [0.05, 0.1) is 11.6 Å². The fourth-order valence-corrected chi connectivity index (χ4v) is 2.36. The molecule has 0 aliphatic carbocycles. The van der Waals surface area contributed by atoms with Crippen molar-refractivity contribution in [3.63, 3.8) is 0 Å². The van der Waals surface area contributed by atoms with Crippen LogP contribution < -0.4 is 0 Å². The Labute approximate surface area is 101 Å². The van der Waals surface area contributed by atoms with Gasteiger partial charge in [-0.25, -0.2) is 0 Å². The average Bonchev–Trinajstić information content (AvgIpc) is 2.15. The van der Waals surface area contributed by atoms with E-state index in [1.807, 2.05) is 6.92 Å². The molecule has 3 nitrogen and oxygen atoms in total. The molecular formula is C12H17FO3S. The third-order valence-corrected chi connectivity index (χ3v) is 3.48. The highest BCUT2D eigenvalue weighted by atomic mass is 32.2. The topological polar surface area (TPSA) is 54.4 Å². The molecule has 1 aromatic rings. The zero-order chi connectivity index (χ0) is 13.3. The van der Waals surface area contributed by atoms with Gasteiger partial charge >= 0.3 is 0 Å². The molecule has 0 aliphatic heterocycles. The SMILES string of the molecule is Cc1ccc(S(=O)(=O)O)c(CC(C)(C)CF)c1. The largest absolute Gasteiger partial charge is 0.294 e. The fourth-order valence-electron chi connectivity index (χ4n) is 1.66. The van der Waals surface area contributed by atoms with E-state index in [9.17, 15) is 12.8 Å². The van der Waals surface area contributed by atoms with Gasteiger partial charge in [0.15, 0.2) is 0 Å². The van der Waals surface area contributed by atoms with Crippen LogP contribution in [0.15, 0.2) is 23.1 Å². The summed E-state index contributed by atoms with van der Waals surface area (Å²) in [5, 5.41) is 0. The average molecular weight is 260 g/mol. The summed E-state index contributed by atoms with van der Waals surface area (Å²) in [5.41, 5.74) is 0.685. The van der Waals surface area contributed by atoms with Crippen LogP contribution in [0.25, 0.3) is 0 Å². The van der Waals surface area contributed by atoms with Crippen molar-refractivity contribution in [1.29, 1.82) is 0 Å². The Hall–Kier alpha value is -0.940. The maximum absolute atomic E-state index is 12.8. The van der Waals surface area contributed by atoms with Crippen LogP contribution in [0.4, 0.5) is 4.39 Å². The van der Waals surface area contributed by atoms with E-state index in [0.717, 1.165) is 5.56 Å². The summed E-state index contributed by atoms with van der Waals surface area (Å²) in [6, 6.07) is 4.63. The fraction of sp³-hybridized carbons (Fsp3) is 0.500. The summed E-state index contributed by atoms with van der Waals surface area (Å²) in [7, 11) is -4.25. The van der Waals surface area contributed by atoms with Gasteiger partial charge in [0.2, 0.25) is 0 Å². The van der Waals surface area contributed by atoms with E-state index in [4.69, 9.17) is 4.55 Å². The van der Waals surface area contributed by atoms with Gasteiger partial charge in [-0.05, 0) is 30.4 Å². The Morgan fingerprint density at radius 3 is 2.41 bits per heavy atom. The minimum atomic E-state index is -4.25. The van der Waals surface area contributed by atoms with Gasteiger partial charge in [-0.3, -0.25) is 8.94 Å². The molecular weight excluding hydrogens is 243 g/mol. The maximum Gasteiger partial charge on any atom is 0.294 e. The van der Waals surface area contributed by atoms with E-state index in [0.29, 0.717) is 5.56 Å². The number of hydrogen-bond donors (Lipinski definition) is 1. The summed E-state index contributed by atoms with van der Waals surface area (Å²) in [5.74, 6) is 0. The Balaban J connectivity index is 3.27. The van der Waals surface area contributed by atoms with Crippen molar-refractivity contribution >= 4 is 10.1 Å². The van der Waals surface area contributed by atoms with Crippen molar-refractivity contribution in [2.24, 2.45) is 5.41 Å². The molecule has 0 aliphatic rings. The predicted molar refractivity (Wildman–Crippen MR) is 64.5 cm³/mol. The zero-order valence-electron chi connectivity index (χ0n) is 10.2. The highest BCUT2D eigenvalue weighted by Gasteiger charge is 2.23. The second-order valence-electron chi connectivity index (χ2n) is 5.06. The number of benzene rings is 1. The molecule has 0 aromatic heterocycles. The van der Waals surface area contributed by atoms with Crippen LogP contribution in [-0.2, 0) is 16.5 Å². The molecule has 0 heterocycles. The Bertz CT molecular complexity index is 506. The molecule has 0 saturated heterocycles. The second-order valence-corrected chi connectivity index (χ2v) is 6.45. The third-order valence-electron chi connectivity index (χ3n) is 2.52. The Kier molecular flexibility index (Phi) is 3.94. The normalized spacial score (nSPS) is 12.8. The highest BCUT2D eigenvalue weighted by Crippen LogP contribution is 2.27. The summed E-state index contributed by atoms with van der Waals surface area (Å²) >= 11 is 0. The molecule has 0 spiro atoms. The second kappa shape index (κ2) is 4.74. The molecule has 0 radical (unpaired) electrons. The molecule has 0 bridgehead atoms. The molecule has 0 saturated carbocycles. The van der Waals surface area contributed by atoms with Crippen LogP contribution in [0.2, 0.25) is 0 Å². The van der Waals surface area contributed by atoms with Gasteiger partial charge in [-0.2, -0.15) is 8.42 Å². The summed E-state index contributed by atoms with van der Waals surface area (Å²) in [6.07, 6.45) is 0.264. The summed E-state index contributed by atoms with van der Waals surface area (Å²) < 4.78 is 44.3. The maximum atomic E-state index is 12.8. The lowest BCUT2D eigenvalue weighted by Gasteiger charge is -2.21. The third kappa shape index (κ3) is 3.78. The number of halogens is 1. The van der Waals surface area contributed by atoms with E-state index in [2.05, 4.69) is 0 Å². The van der Waals surface area contributed by atoms with Crippen molar-refractivity contribution < 1.29 is 17.4 Å². The van der Waals surface area contributed by atoms with Gasteiger partial charge in [0.25, 0.3) is 10.1 Å². The first kappa shape index (κ1) is 14.1. The van der Waals surface area contributed by atoms with Crippen LogP contribution in [0.5, 0.6) is 0 Å². The van der Waals surface area contributed by atoms with E-state index < -0.39 is 22.2 Å². The molecule has 17 heavy (non-hydrogen) atoms. The zero-order valence-corrected chi connectivity index (χ0v) is 11.0. The van der Waals surface area contributed by atoms with Crippen molar-refractivity contribution in [3.8, 4) is 0 Å². The van der Waals surface area contributed by atoms with Gasteiger partial charge in [0.1, 0.15) is 0 Å². The van der Waals surface area contributed by atoms with Crippen molar-refractivity contribution in [2.45, 2.75) is 32.1 Å². The van der Waals surface area contributed by atoms with E-state index in [-0.39, 0.29) is 11.3 Å². The van der Waals surface area contributed by atoms with Gasteiger partial charge < -0.3 is 0 Å². The minimum Gasteiger partial charge on any atom is -0.282 e. The summed E-state index contributed by atoms with van der Waals surface area (Å²) in [6.45, 7) is 4.69. The van der Waals surface area contributed by atoms with Crippen LogP contribution in [0.3, 0.4) is 0 Å². The van der Waals surface area contributed by atoms with Gasteiger partial charge in [-0.1, -0.05) is 31.5 Å². The minimum absolute atomic E-state index is 0.135. The van der Waals surface area contributed by atoms with Crippen LogP contribution in [-0.4, -0.2) is 19.6 Å². The monoisotopic (exact) mass is 260 g/mol. The lowest BCUT2D eigenvalue weighted by atomic mass is 9.87. The highest BCUT2D eigenvalue weighted by molar-refractivity contribution is 7.85. The number of alkyl halides is 1. The molecule has 96 valence electrons. The van der Waals surface area contributed by atoms with E-state index >= 15 is 0 Å². The number of hydrogen-bond acceptors (Lipinski definition) is 2. The van der Waals surface area contributed by atoms with E-state index in [1.165, 1.54) is 6.07 Å². The van der Waals surface area contributed by atoms with Crippen molar-refractivity contribution in [3.05, 3.63) is 29.3 Å². The van der Waals surface area contributed by atoms with E-state index in [1.54, 1.807) is 26.0 Å². The number of rotatable bonds is 4. The molecule has 0 fully saturated rings. The first-order valence-corrected chi connectivity index (χ1v) is 6.73. The molecule has 0 unspecified atom stereocenters. The first-order valence-electron chi connectivity index (χ1n) is 5.29. The Morgan fingerprint density at radius 1 is 1.35 bits per heavy atom.